The average molecular weight is 287 g/mol. The molecule has 1 rings (SSSR count). The molecule has 1 aromatic rings. The van der Waals surface area contributed by atoms with E-state index in [4.69, 9.17) is 9.84 Å². The summed E-state index contributed by atoms with van der Waals surface area (Å²) >= 11 is 0. The fourth-order valence-electron chi connectivity index (χ4n) is 1.65. The number of benzene rings is 1. The molecule has 0 spiro atoms. The summed E-state index contributed by atoms with van der Waals surface area (Å²) in [7, 11) is -2.22. The normalized spacial score (nSPS) is 13.0. The Labute approximate surface area is 112 Å². The Kier molecular flexibility index (Phi) is 4.90. The van der Waals surface area contributed by atoms with Gasteiger partial charge in [0.2, 0.25) is 10.0 Å². The third kappa shape index (κ3) is 4.22. The topological polar surface area (TPSA) is 92.7 Å². The highest BCUT2D eigenvalue weighted by Gasteiger charge is 2.19. The van der Waals surface area contributed by atoms with Gasteiger partial charge >= 0.3 is 5.97 Å². The number of carbonyl (C=O) groups is 1. The average Bonchev–Trinajstić information content (AvgIpc) is 2.26. The van der Waals surface area contributed by atoms with Gasteiger partial charge in [0.05, 0.1) is 18.4 Å². The van der Waals surface area contributed by atoms with Crippen molar-refractivity contribution < 1.29 is 23.1 Å². The van der Waals surface area contributed by atoms with Gasteiger partial charge in [0, 0.05) is 6.04 Å². The monoisotopic (exact) mass is 287 g/mol. The smallest absolute Gasteiger partial charge is 0.304 e. The van der Waals surface area contributed by atoms with Crippen LogP contribution in [0.3, 0.4) is 0 Å². The lowest BCUT2D eigenvalue weighted by Gasteiger charge is -2.13. The number of aryl methyl sites for hydroxylation is 1. The summed E-state index contributed by atoms with van der Waals surface area (Å²) in [5, 5.41) is 8.61. The van der Waals surface area contributed by atoms with Crippen molar-refractivity contribution in [3.63, 3.8) is 0 Å². The van der Waals surface area contributed by atoms with Gasteiger partial charge in [0.25, 0.3) is 0 Å². The van der Waals surface area contributed by atoms with Crippen molar-refractivity contribution in [3.05, 3.63) is 23.8 Å². The maximum atomic E-state index is 12.0. The standard InChI is InChI=1S/C12H17NO5S/c1-8-6-10(4-5-11(8)18-3)19(16,17)13-9(2)7-12(14)15/h4-6,9,13H,7H2,1-3H3,(H,14,15). The minimum atomic E-state index is -3.72. The summed E-state index contributed by atoms with van der Waals surface area (Å²) < 4.78 is 31.4. The molecule has 0 amide bonds. The van der Waals surface area contributed by atoms with Crippen LogP contribution in [0.15, 0.2) is 23.1 Å². The summed E-state index contributed by atoms with van der Waals surface area (Å²) in [6.07, 6.45) is -0.269. The molecular weight excluding hydrogens is 270 g/mol. The van der Waals surface area contributed by atoms with Gasteiger partial charge in [0.1, 0.15) is 5.75 Å². The fourth-order valence-corrected chi connectivity index (χ4v) is 2.98. The van der Waals surface area contributed by atoms with Crippen molar-refractivity contribution in [1.82, 2.24) is 4.72 Å². The first-order valence-electron chi connectivity index (χ1n) is 5.65. The van der Waals surface area contributed by atoms with Crippen LogP contribution in [-0.4, -0.2) is 32.6 Å². The van der Waals surface area contributed by atoms with Gasteiger partial charge in [-0.05, 0) is 37.6 Å². The largest absolute Gasteiger partial charge is 0.496 e. The van der Waals surface area contributed by atoms with Gasteiger partial charge in [-0.2, -0.15) is 0 Å². The van der Waals surface area contributed by atoms with Crippen molar-refractivity contribution in [2.75, 3.05) is 7.11 Å². The first-order chi connectivity index (χ1) is 8.76. The van der Waals surface area contributed by atoms with E-state index in [-0.39, 0.29) is 11.3 Å². The van der Waals surface area contributed by atoms with E-state index in [2.05, 4.69) is 4.72 Å². The number of aliphatic carboxylic acids is 1. The molecule has 1 unspecified atom stereocenters. The third-order valence-corrected chi connectivity index (χ3v) is 4.10. The zero-order chi connectivity index (χ0) is 14.6. The van der Waals surface area contributed by atoms with Crippen LogP contribution in [0.25, 0.3) is 0 Å². The molecule has 0 aliphatic carbocycles. The second-order valence-electron chi connectivity index (χ2n) is 4.25. The van der Waals surface area contributed by atoms with E-state index < -0.39 is 22.0 Å². The van der Waals surface area contributed by atoms with Crippen molar-refractivity contribution in [3.8, 4) is 5.75 Å². The molecule has 19 heavy (non-hydrogen) atoms. The molecule has 0 heterocycles. The van der Waals surface area contributed by atoms with Crippen molar-refractivity contribution in [2.24, 2.45) is 0 Å². The number of rotatable bonds is 6. The molecule has 0 fully saturated rings. The Bertz CT molecular complexity index is 567. The number of carboxylic acids is 1. The Balaban J connectivity index is 2.94. The number of sulfonamides is 1. The minimum absolute atomic E-state index is 0.0861. The highest BCUT2D eigenvalue weighted by atomic mass is 32.2. The number of nitrogens with one attached hydrogen (secondary N) is 1. The van der Waals surface area contributed by atoms with E-state index in [1.165, 1.54) is 26.2 Å². The maximum Gasteiger partial charge on any atom is 0.304 e. The number of carboxylic acid groups (broad SMARTS) is 1. The lowest BCUT2D eigenvalue weighted by Crippen LogP contribution is -2.34. The first kappa shape index (κ1) is 15.5. The molecule has 1 atom stereocenters. The predicted molar refractivity (Wildman–Crippen MR) is 69.8 cm³/mol. The first-order valence-corrected chi connectivity index (χ1v) is 7.13. The SMILES string of the molecule is COc1ccc(S(=O)(=O)NC(C)CC(=O)O)cc1C. The highest BCUT2D eigenvalue weighted by Crippen LogP contribution is 2.21. The number of hydrogen-bond donors (Lipinski definition) is 2. The van der Waals surface area contributed by atoms with Crippen LogP contribution in [0, 0.1) is 6.92 Å². The Morgan fingerprint density at radius 3 is 2.58 bits per heavy atom. The quantitative estimate of drug-likeness (QED) is 0.818. The van der Waals surface area contributed by atoms with E-state index >= 15 is 0 Å². The zero-order valence-corrected chi connectivity index (χ0v) is 11.8. The second kappa shape index (κ2) is 6.03. The lowest BCUT2D eigenvalue weighted by atomic mass is 10.2. The van der Waals surface area contributed by atoms with Crippen LogP contribution in [0.5, 0.6) is 5.75 Å². The molecule has 0 aromatic heterocycles. The van der Waals surface area contributed by atoms with Gasteiger partial charge in [-0.1, -0.05) is 0 Å². The fraction of sp³-hybridized carbons (Fsp3) is 0.417. The van der Waals surface area contributed by atoms with Crippen LogP contribution in [-0.2, 0) is 14.8 Å². The molecule has 1 aromatic carbocycles. The van der Waals surface area contributed by atoms with E-state index in [9.17, 15) is 13.2 Å². The van der Waals surface area contributed by atoms with Crippen molar-refractivity contribution >= 4 is 16.0 Å². The second-order valence-corrected chi connectivity index (χ2v) is 5.97. The van der Waals surface area contributed by atoms with Gasteiger partial charge in [-0.3, -0.25) is 4.79 Å². The molecule has 7 heteroatoms. The Morgan fingerprint density at radius 2 is 2.11 bits per heavy atom. The van der Waals surface area contributed by atoms with Crippen LogP contribution in [0.1, 0.15) is 18.9 Å². The van der Waals surface area contributed by atoms with Crippen LogP contribution < -0.4 is 9.46 Å². The van der Waals surface area contributed by atoms with Crippen LogP contribution in [0.4, 0.5) is 0 Å². The van der Waals surface area contributed by atoms with E-state index in [0.29, 0.717) is 11.3 Å². The third-order valence-electron chi connectivity index (χ3n) is 2.51. The summed E-state index contributed by atoms with van der Waals surface area (Å²) in [5.41, 5.74) is 0.691. The zero-order valence-electron chi connectivity index (χ0n) is 11.0. The Hall–Kier alpha value is -1.60. The Morgan fingerprint density at radius 1 is 1.47 bits per heavy atom. The predicted octanol–water partition coefficient (Wildman–Crippen LogP) is 1.15. The van der Waals surface area contributed by atoms with E-state index in [1.807, 2.05) is 0 Å². The van der Waals surface area contributed by atoms with Gasteiger partial charge in [-0.25, -0.2) is 13.1 Å². The molecule has 0 radical (unpaired) electrons. The summed E-state index contributed by atoms with van der Waals surface area (Å²) in [4.78, 5) is 10.6. The molecule has 2 N–H and O–H groups in total. The molecule has 0 saturated heterocycles. The number of methoxy groups -OCH3 is 1. The summed E-state index contributed by atoms with van der Waals surface area (Å²) in [6.45, 7) is 3.24. The molecule has 0 bridgehead atoms. The van der Waals surface area contributed by atoms with Gasteiger partial charge in [-0.15, -0.1) is 0 Å². The molecule has 6 nitrogen and oxygen atoms in total. The molecule has 0 saturated carbocycles. The lowest BCUT2D eigenvalue weighted by molar-refractivity contribution is -0.137. The van der Waals surface area contributed by atoms with Crippen LogP contribution >= 0.6 is 0 Å². The molecular formula is C12H17NO5S. The van der Waals surface area contributed by atoms with Crippen molar-refractivity contribution in [1.29, 1.82) is 0 Å². The van der Waals surface area contributed by atoms with E-state index in [0.717, 1.165) is 0 Å². The van der Waals surface area contributed by atoms with E-state index in [1.54, 1.807) is 13.0 Å². The number of hydrogen-bond acceptors (Lipinski definition) is 4. The van der Waals surface area contributed by atoms with Crippen LogP contribution in [0.2, 0.25) is 0 Å². The maximum absolute atomic E-state index is 12.0. The van der Waals surface area contributed by atoms with Gasteiger partial charge in [0.15, 0.2) is 0 Å². The molecule has 0 aliphatic rings. The number of ether oxygens (including phenoxy) is 1. The minimum Gasteiger partial charge on any atom is -0.496 e. The van der Waals surface area contributed by atoms with Crippen molar-refractivity contribution in [2.45, 2.75) is 31.2 Å². The molecule has 0 aliphatic heterocycles. The summed E-state index contributed by atoms with van der Waals surface area (Å²) in [6, 6.07) is 3.78. The summed E-state index contributed by atoms with van der Waals surface area (Å²) in [5.74, 6) is -0.460. The van der Waals surface area contributed by atoms with Gasteiger partial charge < -0.3 is 9.84 Å². The highest BCUT2D eigenvalue weighted by molar-refractivity contribution is 7.89. The molecule has 106 valence electrons.